The number of nitriles is 1. The summed E-state index contributed by atoms with van der Waals surface area (Å²) in [7, 11) is 1.62. The van der Waals surface area contributed by atoms with Crippen molar-refractivity contribution in [3.63, 3.8) is 0 Å². The molecule has 0 amide bonds. The molecule has 1 N–H and O–H groups in total. The maximum Gasteiger partial charge on any atom is 0.118 e. The largest absolute Gasteiger partial charge is 0.497 e. The lowest BCUT2D eigenvalue weighted by Crippen LogP contribution is -2.50. The molecule has 4 nitrogen and oxygen atoms in total. The molecule has 1 atom stereocenters. The van der Waals surface area contributed by atoms with Crippen molar-refractivity contribution in [2.24, 2.45) is 5.41 Å². The first kappa shape index (κ1) is 14.8. The second-order valence-electron chi connectivity index (χ2n) is 5.60. The van der Waals surface area contributed by atoms with Crippen molar-refractivity contribution in [1.82, 2.24) is 0 Å². The van der Waals surface area contributed by atoms with E-state index in [-0.39, 0.29) is 0 Å². The second kappa shape index (κ2) is 5.82. The number of hydrogen-bond donors (Lipinski definition) is 1. The molecule has 1 heterocycles. The highest BCUT2D eigenvalue weighted by atomic mass is 16.5. The van der Waals surface area contributed by atoms with E-state index in [1.54, 1.807) is 14.0 Å². The molecule has 1 aliphatic heterocycles. The summed E-state index contributed by atoms with van der Waals surface area (Å²) in [6, 6.07) is 9.94. The number of nitrogens with zero attached hydrogens (tertiary/aromatic N) is 1. The average molecular weight is 275 g/mol. The Morgan fingerprint density at radius 1 is 1.35 bits per heavy atom. The van der Waals surface area contributed by atoms with Gasteiger partial charge in [-0.3, -0.25) is 0 Å². The summed E-state index contributed by atoms with van der Waals surface area (Å²) in [5.41, 5.74) is -0.803. The summed E-state index contributed by atoms with van der Waals surface area (Å²) >= 11 is 0. The van der Waals surface area contributed by atoms with Crippen molar-refractivity contribution in [2.75, 3.05) is 20.3 Å². The molecule has 0 saturated carbocycles. The summed E-state index contributed by atoms with van der Waals surface area (Å²) in [6.45, 7) is 2.82. The Balaban J connectivity index is 2.18. The zero-order chi connectivity index (χ0) is 14.6. The fourth-order valence-electron chi connectivity index (χ4n) is 2.80. The number of benzene rings is 1. The lowest BCUT2D eigenvalue weighted by atomic mass is 9.66. The minimum absolute atomic E-state index is 0.449. The van der Waals surface area contributed by atoms with Crippen LogP contribution in [0.3, 0.4) is 0 Å². The number of aliphatic hydroxyl groups is 1. The van der Waals surface area contributed by atoms with Crippen LogP contribution in [0, 0.1) is 16.7 Å². The minimum Gasteiger partial charge on any atom is -0.497 e. The predicted octanol–water partition coefficient (Wildman–Crippen LogP) is 2.31. The standard InChI is InChI=1S/C16H21NO3/c1-15(18,16(12-17)7-9-20-10-8-16)11-13-3-5-14(19-2)6-4-13/h3-6,18H,7-11H2,1-2H3. The minimum atomic E-state index is -1.07. The van der Waals surface area contributed by atoms with E-state index in [1.165, 1.54) is 0 Å². The molecule has 0 bridgehead atoms. The molecule has 1 aromatic rings. The normalized spacial score (nSPS) is 20.7. The van der Waals surface area contributed by atoms with Gasteiger partial charge in [0.2, 0.25) is 0 Å². The highest BCUT2D eigenvalue weighted by Gasteiger charge is 2.48. The number of methoxy groups -OCH3 is 1. The van der Waals surface area contributed by atoms with Gasteiger partial charge in [0.25, 0.3) is 0 Å². The monoisotopic (exact) mass is 275 g/mol. The molecule has 4 heteroatoms. The fraction of sp³-hybridized carbons (Fsp3) is 0.562. The van der Waals surface area contributed by atoms with Gasteiger partial charge in [0.15, 0.2) is 0 Å². The average Bonchev–Trinajstić information content (AvgIpc) is 2.48. The molecule has 108 valence electrons. The summed E-state index contributed by atoms with van der Waals surface area (Å²) in [5.74, 6) is 0.787. The Labute approximate surface area is 119 Å². The summed E-state index contributed by atoms with van der Waals surface area (Å²) in [4.78, 5) is 0. The van der Waals surface area contributed by atoms with Crippen molar-refractivity contribution < 1.29 is 14.6 Å². The molecule has 0 radical (unpaired) electrons. The second-order valence-corrected chi connectivity index (χ2v) is 5.60. The molecule has 1 aliphatic rings. The van der Waals surface area contributed by atoms with Crippen LogP contribution in [0.2, 0.25) is 0 Å². The molecule has 2 rings (SSSR count). The molecule has 0 spiro atoms. The first-order chi connectivity index (χ1) is 9.53. The molecule has 0 aliphatic carbocycles. The zero-order valence-corrected chi connectivity index (χ0v) is 12.1. The van der Waals surface area contributed by atoms with Gasteiger partial charge in [-0.25, -0.2) is 0 Å². The maximum atomic E-state index is 10.9. The Bertz CT molecular complexity index is 481. The first-order valence-electron chi connectivity index (χ1n) is 6.87. The SMILES string of the molecule is COc1ccc(CC(C)(O)C2(C#N)CCOCC2)cc1. The quantitative estimate of drug-likeness (QED) is 0.916. The molecule has 1 saturated heterocycles. The van der Waals surface area contributed by atoms with Gasteiger partial charge >= 0.3 is 0 Å². The topological polar surface area (TPSA) is 62.5 Å². The lowest BCUT2D eigenvalue weighted by Gasteiger charge is -2.42. The van der Waals surface area contributed by atoms with Crippen LogP contribution in [-0.4, -0.2) is 31.0 Å². The molecule has 20 heavy (non-hydrogen) atoms. The third-order valence-electron chi connectivity index (χ3n) is 4.30. The van der Waals surface area contributed by atoms with Crippen LogP contribution in [-0.2, 0) is 11.2 Å². The van der Waals surface area contributed by atoms with Gasteiger partial charge in [-0.1, -0.05) is 12.1 Å². The van der Waals surface area contributed by atoms with Gasteiger partial charge in [-0.2, -0.15) is 5.26 Å². The molecule has 0 aromatic heterocycles. The van der Waals surface area contributed by atoms with E-state index in [9.17, 15) is 10.4 Å². The Morgan fingerprint density at radius 2 is 1.95 bits per heavy atom. The number of rotatable bonds is 4. The van der Waals surface area contributed by atoms with E-state index in [0.29, 0.717) is 32.5 Å². The van der Waals surface area contributed by atoms with Crippen LogP contribution in [0.4, 0.5) is 0 Å². The highest BCUT2D eigenvalue weighted by Crippen LogP contribution is 2.42. The zero-order valence-electron chi connectivity index (χ0n) is 12.1. The van der Waals surface area contributed by atoms with Gasteiger partial charge in [0.1, 0.15) is 5.75 Å². The molecule has 1 fully saturated rings. The summed E-state index contributed by atoms with van der Waals surface area (Å²) in [5, 5.41) is 20.4. The van der Waals surface area contributed by atoms with E-state index < -0.39 is 11.0 Å². The van der Waals surface area contributed by atoms with E-state index >= 15 is 0 Å². The Hall–Kier alpha value is -1.57. The van der Waals surface area contributed by atoms with Crippen molar-refractivity contribution in [2.45, 2.75) is 31.8 Å². The van der Waals surface area contributed by atoms with E-state index in [0.717, 1.165) is 11.3 Å². The van der Waals surface area contributed by atoms with Crippen molar-refractivity contribution >= 4 is 0 Å². The third-order valence-corrected chi connectivity index (χ3v) is 4.30. The highest BCUT2D eigenvalue weighted by molar-refractivity contribution is 5.29. The third kappa shape index (κ3) is 2.79. The van der Waals surface area contributed by atoms with Crippen LogP contribution < -0.4 is 4.74 Å². The summed E-state index contributed by atoms with van der Waals surface area (Å²) in [6.07, 6.45) is 1.60. The summed E-state index contributed by atoms with van der Waals surface area (Å²) < 4.78 is 10.4. The van der Waals surface area contributed by atoms with E-state index in [4.69, 9.17) is 9.47 Å². The van der Waals surface area contributed by atoms with Gasteiger partial charge in [-0.05, 0) is 37.5 Å². The first-order valence-corrected chi connectivity index (χ1v) is 6.87. The smallest absolute Gasteiger partial charge is 0.118 e. The lowest BCUT2D eigenvalue weighted by molar-refractivity contribution is -0.0917. The predicted molar refractivity (Wildman–Crippen MR) is 75.4 cm³/mol. The maximum absolute atomic E-state index is 10.9. The van der Waals surface area contributed by atoms with Crippen LogP contribution in [0.15, 0.2) is 24.3 Å². The van der Waals surface area contributed by atoms with Gasteiger partial charge in [-0.15, -0.1) is 0 Å². The molecule has 1 unspecified atom stereocenters. The number of hydrogen-bond acceptors (Lipinski definition) is 4. The van der Waals surface area contributed by atoms with Crippen molar-refractivity contribution in [3.05, 3.63) is 29.8 Å². The van der Waals surface area contributed by atoms with Crippen LogP contribution in [0.5, 0.6) is 5.75 Å². The van der Waals surface area contributed by atoms with Crippen LogP contribution in [0.25, 0.3) is 0 Å². The van der Waals surface area contributed by atoms with Gasteiger partial charge in [0.05, 0.1) is 24.2 Å². The molecule has 1 aromatic carbocycles. The van der Waals surface area contributed by atoms with Gasteiger partial charge in [0, 0.05) is 19.6 Å². The van der Waals surface area contributed by atoms with E-state index in [2.05, 4.69) is 6.07 Å². The molecular weight excluding hydrogens is 254 g/mol. The van der Waals surface area contributed by atoms with Gasteiger partial charge < -0.3 is 14.6 Å². The Morgan fingerprint density at radius 3 is 2.45 bits per heavy atom. The van der Waals surface area contributed by atoms with Crippen molar-refractivity contribution in [1.29, 1.82) is 5.26 Å². The van der Waals surface area contributed by atoms with Crippen LogP contribution in [0.1, 0.15) is 25.3 Å². The molecular formula is C16H21NO3. The van der Waals surface area contributed by atoms with Crippen LogP contribution >= 0.6 is 0 Å². The number of ether oxygens (including phenoxy) is 2. The van der Waals surface area contributed by atoms with Crippen molar-refractivity contribution in [3.8, 4) is 11.8 Å². The van der Waals surface area contributed by atoms with E-state index in [1.807, 2.05) is 24.3 Å². The fourth-order valence-corrected chi connectivity index (χ4v) is 2.80. The Kier molecular flexibility index (Phi) is 4.32.